The molecule has 0 aliphatic carbocycles. The van der Waals surface area contributed by atoms with Gasteiger partial charge < -0.3 is 10.6 Å². The lowest BCUT2D eigenvalue weighted by molar-refractivity contribution is -0.114. The highest BCUT2D eigenvalue weighted by Crippen LogP contribution is 2.31. The van der Waals surface area contributed by atoms with Gasteiger partial charge in [0.05, 0.1) is 16.0 Å². The molecule has 0 fully saturated rings. The fourth-order valence-corrected chi connectivity index (χ4v) is 4.66. The molecule has 3 rings (SSSR count). The summed E-state index contributed by atoms with van der Waals surface area (Å²) in [7, 11) is 0. The van der Waals surface area contributed by atoms with E-state index in [1.807, 2.05) is 43.3 Å². The number of nitrogens with zero attached hydrogens (tertiary/aromatic N) is 1. The maximum atomic E-state index is 12.4. The molecule has 5 nitrogen and oxygen atoms in total. The van der Waals surface area contributed by atoms with E-state index < -0.39 is 0 Å². The first-order chi connectivity index (χ1) is 13.0. The molecule has 0 aliphatic rings. The zero-order chi connectivity index (χ0) is 19.4. The van der Waals surface area contributed by atoms with E-state index in [0.717, 1.165) is 43.5 Å². The van der Waals surface area contributed by atoms with Crippen molar-refractivity contribution in [3.8, 4) is 0 Å². The average Bonchev–Trinajstić information content (AvgIpc) is 3.03. The van der Waals surface area contributed by atoms with Crippen molar-refractivity contribution in [2.24, 2.45) is 0 Å². The second kappa shape index (κ2) is 8.54. The maximum Gasteiger partial charge on any atom is 0.234 e. The van der Waals surface area contributed by atoms with Gasteiger partial charge in [-0.15, -0.1) is 11.3 Å². The summed E-state index contributed by atoms with van der Waals surface area (Å²) in [6.45, 7) is 5.56. The molecule has 2 N–H and O–H groups in total. The Morgan fingerprint density at radius 1 is 1.19 bits per heavy atom. The Balaban J connectivity index is 1.66. The van der Waals surface area contributed by atoms with E-state index in [9.17, 15) is 9.59 Å². The molecule has 0 aliphatic heterocycles. The first-order valence-corrected chi connectivity index (χ1v) is 10.5. The van der Waals surface area contributed by atoms with Crippen molar-refractivity contribution < 1.29 is 9.59 Å². The summed E-state index contributed by atoms with van der Waals surface area (Å²) in [5.74, 6) is 0.158. The van der Waals surface area contributed by atoms with Gasteiger partial charge in [-0.25, -0.2) is 4.98 Å². The number of fused-ring (bicyclic) bond motifs is 1. The van der Waals surface area contributed by atoms with E-state index in [2.05, 4.69) is 22.5 Å². The molecule has 0 saturated heterocycles. The number of aryl methyl sites for hydroxylation is 2. The Labute approximate surface area is 166 Å². The quantitative estimate of drug-likeness (QED) is 0.581. The van der Waals surface area contributed by atoms with Crippen LogP contribution in [-0.4, -0.2) is 22.6 Å². The molecule has 0 bridgehead atoms. The summed E-state index contributed by atoms with van der Waals surface area (Å²) in [5.41, 5.74) is 4.73. The topological polar surface area (TPSA) is 71.1 Å². The third-order valence-corrected chi connectivity index (χ3v) is 6.18. The third-order valence-electron chi connectivity index (χ3n) is 4.02. The van der Waals surface area contributed by atoms with Crippen LogP contribution in [0.3, 0.4) is 0 Å². The van der Waals surface area contributed by atoms with Crippen LogP contribution in [0.5, 0.6) is 0 Å². The summed E-state index contributed by atoms with van der Waals surface area (Å²) in [6.07, 6.45) is 0.874. The van der Waals surface area contributed by atoms with E-state index in [0.29, 0.717) is 5.75 Å². The smallest absolute Gasteiger partial charge is 0.234 e. The number of hydrogen-bond acceptors (Lipinski definition) is 5. The second-order valence-corrected chi connectivity index (χ2v) is 8.40. The molecule has 1 heterocycles. The largest absolute Gasteiger partial charge is 0.326 e. The number of para-hydroxylation sites is 1. The van der Waals surface area contributed by atoms with Gasteiger partial charge in [-0.2, -0.15) is 0 Å². The van der Waals surface area contributed by atoms with Gasteiger partial charge in [-0.3, -0.25) is 9.59 Å². The number of anilines is 2. The molecule has 0 spiro atoms. The summed E-state index contributed by atoms with van der Waals surface area (Å²) in [5, 5.41) is 5.80. The van der Waals surface area contributed by atoms with E-state index in [-0.39, 0.29) is 11.8 Å². The van der Waals surface area contributed by atoms with Crippen molar-refractivity contribution in [3.63, 3.8) is 0 Å². The number of thiazole rings is 1. The van der Waals surface area contributed by atoms with Gasteiger partial charge in [-0.1, -0.05) is 36.9 Å². The van der Waals surface area contributed by atoms with Gasteiger partial charge in [0, 0.05) is 18.3 Å². The number of benzene rings is 2. The number of rotatable bonds is 6. The zero-order valence-electron chi connectivity index (χ0n) is 15.5. The van der Waals surface area contributed by atoms with Crippen LogP contribution in [0.4, 0.5) is 11.4 Å². The fraction of sp³-hybridized carbons (Fsp3) is 0.250. The highest BCUT2D eigenvalue weighted by Gasteiger charge is 2.11. The van der Waals surface area contributed by atoms with Gasteiger partial charge in [0.15, 0.2) is 4.34 Å². The zero-order valence-corrected chi connectivity index (χ0v) is 17.1. The van der Waals surface area contributed by atoms with Gasteiger partial charge >= 0.3 is 0 Å². The minimum Gasteiger partial charge on any atom is -0.326 e. The normalized spacial score (nSPS) is 10.8. The lowest BCUT2D eigenvalue weighted by Crippen LogP contribution is -2.16. The molecule has 0 unspecified atom stereocenters. The first-order valence-electron chi connectivity index (χ1n) is 8.65. The van der Waals surface area contributed by atoms with Gasteiger partial charge in [0.1, 0.15) is 0 Å². The molecular formula is C20H21N3O2S2. The number of thioether (sulfide) groups is 1. The van der Waals surface area contributed by atoms with Crippen molar-refractivity contribution in [2.75, 3.05) is 16.4 Å². The van der Waals surface area contributed by atoms with Gasteiger partial charge in [0.25, 0.3) is 0 Å². The second-order valence-electron chi connectivity index (χ2n) is 6.14. The van der Waals surface area contributed by atoms with Crippen LogP contribution in [-0.2, 0) is 16.0 Å². The number of hydrogen-bond donors (Lipinski definition) is 2. The van der Waals surface area contributed by atoms with Crippen molar-refractivity contribution in [1.82, 2.24) is 4.98 Å². The summed E-state index contributed by atoms with van der Waals surface area (Å²) < 4.78 is 1.82. The maximum absolute atomic E-state index is 12.4. The van der Waals surface area contributed by atoms with Gasteiger partial charge in [0.2, 0.25) is 11.8 Å². The number of carbonyl (C=O) groups excluding carboxylic acids is 2. The number of aromatic nitrogens is 1. The molecule has 3 aromatic rings. The number of carbonyl (C=O) groups is 2. The van der Waals surface area contributed by atoms with E-state index in [1.54, 1.807) is 0 Å². The van der Waals surface area contributed by atoms with E-state index >= 15 is 0 Å². The predicted octanol–water partition coefficient (Wildman–Crippen LogP) is 4.86. The average molecular weight is 400 g/mol. The highest BCUT2D eigenvalue weighted by molar-refractivity contribution is 8.01. The van der Waals surface area contributed by atoms with E-state index in [4.69, 9.17) is 0 Å². The Morgan fingerprint density at radius 3 is 2.74 bits per heavy atom. The number of nitrogens with one attached hydrogen (secondary N) is 2. The minimum absolute atomic E-state index is 0.0396. The molecule has 0 atom stereocenters. The Kier molecular flexibility index (Phi) is 6.13. The molecule has 27 heavy (non-hydrogen) atoms. The van der Waals surface area contributed by atoms with Crippen molar-refractivity contribution in [1.29, 1.82) is 0 Å². The van der Waals surface area contributed by atoms with E-state index in [1.165, 1.54) is 30.0 Å². The van der Waals surface area contributed by atoms with Crippen LogP contribution in [0.2, 0.25) is 0 Å². The van der Waals surface area contributed by atoms with Crippen LogP contribution in [0.1, 0.15) is 25.0 Å². The van der Waals surface area contributed by atoms with Crippen LogP contribution in [0.15, 0.2) is 40.7 Å². The molecule has 7 heteroatoms. The molecule has 140 valence electrons. The molecule has 0 radical (unpaired) electrons. The molecule has 2 aromatic carbocycles. The third kappa shape index (κ3) is 4.87. The van der Waals surface area contributed by atoms with Crippen LogP contribution < -0.4 is 10.6 Å². The lowest BCUT2D eigenvalue weighted by Gasteiger charge is -2.12. The van der Waals surface area contributed by atoms with Crippen molar-refractivity contribution in [3.05, 3.63) is 47.5 Å². The van der Waals surface area contributed by atoms with Gasteiger partial charge in [-0.05, 0) is 42.7 Å². The monoisotopic (exact) mass is 399 g/mol. The fourth-order valence-electron chi connectivity index (χ4n) is 2.75. The molecule has 0 saturated carbocycles. The summed E-state index contributed by atoms with van der Waals surface area (Å²) >= 11 is 2.94. The summed E-state index contributed by atoms with van der Waals surface area (Å²) in [4.78, 5) is 28.1. The van der Waals surface area contributed by atoms with Crippen LogP contribution >= 0.6 is 23.1 Å². The molecule has 2 amide bonds. The van der Waals surface area contributed by atoms with Crippen molar-refractivity contribution in [2.45, 2.75) is 31.5 Å². The SMILES string of the molecule is CCc1cccc(C)c1NC(=O)CSc1nc2ccc(NC(C)=O)cc2s1. The Bertz CT molecular complexity index is 998. The van der Waals surface area contributed by atoms with Crippen LogP contribution in [0, 0.1) is 6.92 Å². The highest BCUT2D eigenvalue weighted by atomic mass is 32.2. The standard InChI is InChI=1S/C20H21N3O2S2/c1-4-14-7-5-6-12(2)19(14)23-18(25)11-26-20-22-16-9-8-15(21-13(3)24)10-17(16)27-20/h5-10H,4,11H2,1-3H3,(H,21,24)(H,23,25). The molecular weight excluding hydrogens is 378 g/mol. The Morgan fingerprint density at radius 2 is 2.00 bits per heavy atom. The Hall–Kier alpha value is -2.38. The first kappa shape index (κ1) is 19.4. The number of amides is 2. The predicted molar refractivity (Wildman–Crippen MR) is 114 cm³/mol. The van der Waals surface area contributed by atoms with Crippen LogP contribution in [0.25, 0.3) is 10.2 Å². The summed E-state index contributed by atoms with van der Waals surface area (Å²) in [6, 6.07) is 11.7. The lowest BCUT2D eigenvalue weighted by atomic mass is 10.1. The minimum atomic E-state index is -0.104. The molecule has 1 aromatic heterocycles. The van der Waals surface area contributed by atoms with Crippen molar-refractivity contribution >= 4 is 56.5 Å².